The summed E-state index contributed by atoms with van der Waals surface area (Å²) >= 11 is 0. The van der Waals surface area contributed by atoms with Crippen LogP contribution in [0, 0.1) is 0 Å². The van der Waals surface area contributed by atoms with Gasteiger partial charge in [0.15, 0.2) is 0 Å². The Bertz CT molecular complexity index is 293. The van der Waals surface area contributed by atoms with Gasteiger partial charge < -0.3 is 121 Å². The van der Waals surface area contributed by atoms with E-state index in [1.165, 1.54) is 0 Å². The Balaban J connectivity index is -0.00000000697. The summed E-state index contributed by atoms with van der Waals surface area (Å²) in [5.41, 5.74) is 0. The first-order valence-corrected chi connectivity index (χ1v) is 11.0. The predicted molar refractivity (Wildman–Crippen MR) is 58.8 cm³/mol. The Morgan fingerprint density at radius 1 is 0.229 bits per heavy atom. The molecule has 0 aromatic rings. The van der Waals surface area contributed by atoms with Gasteiger partial charge in [-0.15, -0.1) is 0 Å². The van der Waals surface area contributed by atoms with Crippen LogP contribution in [0.25, 0.3) is 36.9 Å². The van der Waals surface area contributed by atoms with E-state index in [0.717, 1.165) is 0 Å². The van der Waals surface area contributed by atoms with E-state index in [9.17, 15) is 0 Å². The molecule has 0 aliphatic heterocycles. The molecule has 0 unspecified atom stereocenters. The van der Waals surface area contributed by atoms with Crippen molar-refractivity contribution < 1.29 is 190 Å². The van der Waals surface area contributed by atoms with Gasteiger partial charge in [-0.2, -0.15) is 0 Å². The van der Waals surface area contributed by atoms with Crippen LogP contribution in [0.4, 0.5) is 0 Å². The molecule has 35 heteroatoms. The summed E-state index contributed by atoms with van der Waals surface area (Å²) in [4.78, 5) is 102. The number of hydrogen-bond donors (Lipinski definition) is 0. The van der Waals surface area contributed by atoms with Crippen LogP contribution in [0.1, 0.15) is 0 Å². The molecule has 0 saturated heterocycles. The normalized spacial score (nSPS) is 4.11. The summed E-state index contributed by atoms with van der Waals surface area (Å²) in [7, 11) is -21.8. The molecule has 0 bridgehead atoms. The second-order valence-corrected chi connectivity index (χ2v) is 4.50. The maximum atomic E-state index is 8.52. The van der Waals surface area contributed by atoms with Crippen molar-refractivity contribution in [2.45, 2.75) is 0 Å². The van der Waals surface area contributed by atoms with Crippen LogP contribution in [-0.2, 0) is 132 Å². The first-order valence-electron chi connectivity index (χ1n) is 3.67. The number of rotatable bonds is 0. The zero-order chi connectivity index (χ0) is 21.5. The van der Waals surface area contributed by atoms with Crippen molar-refractivity contribution in [3.63, 3.8) is 0 Å². The molecule has 192 valence electrons. The molecule has 0 aromatic heterocycles. The summed E-state index contributed by atoms with van der Waals surface area (Å²) in [5.74, 6) is 0. The Hall–Kier alpha value is 0.903. The zero-order valence-corrected chi connectivity index (χ0v) is 31.1. The van der Waals surface area contributed by atoms with Crippen LogP contribution in [-0.4, -0.2) is 55.0 Å². The van der Waals surface area contributed by atoms with E-state index >= 15 is 0 Å². The molecule has 0 saturated carbocycles. The third-order valence-corrected chi connectivity index (χ3v) is 0. The van der Waals surface area contributed by atoms with Crippen LogP contribution in [0.3, 0.4) is 0 Å². The SMILES string of the molecule is O=[Si]([O-])[O-].O=[Si]([O-])[O-].O=[Si]([O-])[O-].O=[Si]([O-])[O-].O=[Si]([O-])[O-].O=[Si]([O-])[O-].[Mo+6].[Mo+6].[Mo+6].[Mo+6].[Mo+6].[N-3].[N-3].[N-3].[N-3].[N-3].[N-3]. The summed E-state index contributed by atoms with van der Waals surface area (Å²) in [6.45, 7) is 0. The van der Waals surface area contributed by atoms with Gasteiger partial charge in [-0.05, 0) is 0 Å². The van der Waals surface area contributed by atoms with Crippen LogP contribution in [0.5, 0.6) is 0 Å². The first-order chi connectivity index (χ1) is 10.4. The Morgan fingerprint density at radius 2 is 0.229 bits per heavy atom. The molecule has 0 atom stereocenters. The average Bonchev–Trinajstić information content (AvgIpc) is 2.08. The number of nitrogens with zero attached hydrogens (tertiary/aromatic N) is 6. The van der Waals surface area contributed by atoms with Gasteiger partial charge in [0.1, 0.15) is 0 Å². The van der Waals surface area contributed by atoms with Crippen LogP contribution >= 0.6 is 0 Å². The van der Waals surface area contributed by atoms with Gasteiger partial charge in [-0.3, -0.25) is 0 Å². The van der Waals surface area contributed by atoms with E-state index < -0.39 is 55.0 Å². The molecule has 0 radical (unpaired) electrons. The third-order valence-electron chi connectivity index (χ3n) is 0. The van der Waals surface area contributed by atoms with Crippen molar-refractivity contribution >= 4 is 55.0 Å². The molecule has 0 aromatic carbocycles. The molecule has 0 amide bonds. The standard InChI is InChI=1S/5Mo.6N.6O3Si/c;;;;;;;;;;;6*1-4(2)3/q5*+6;6*-3;6*-2. The Kier molecular flexibility index (Phi) is 393. The zero-order valence-electron chi connectivity index (χ0n) is 15.1. The van der Waals surface area contributed by atoms with E-state index in [2.05, 4.69) is 0 Å². The van der Waals surface area contributed by atoms with E-state index in [1.54, 1.807) is 0 Å². The minimum absolute atomic E-state index is 0. The van der Waals surface area contributed by atoms with E-state index in [-0.39, 0.29) is 142 Å². The Labute approximate surface area is 278 Å². The summed E-state index contributed by atoms with van der Waals surface area (Å²) < 4.78 is 51.1. The van der Waals surface area contributed by atoms with Crippen molar-refractivity contribution in [1.82, 2.24) is 0 Å². The smallest absolute Gasteiger partial charge is 3.00 e. The molecule has 0 N–H and O–H groups in total. The van der Waals surface area contributed by atoms with Crippen molar-refractivity contribution in [3.8, 4) is 0 Å². The largest absolute Gasteiger partial charge is 6.00 e. The molecular weight excluding hydrogens is 1020 g/mol. The molecule has 24 nitrogen and oxygen atoms in total. The molecule has 0 aliphatic carbocycles. The van der Waals surface area contributed by atoms with Crippen LogP contribution < -0.4 is 57.5 Å². The van der Waals surface area contributed by atoms with Crippen molar-refractivity contribution in [1.29, 1.82) is 0 Å². The minimum Gasteiger partial charge on any atom is -3.00 e. The molecule has 0 spiro atoms. The van der Waals surface area contributed by atoms with Crippen LogP contribution in [0.15, 0.2) is 0 Å². The van der Waals surface area contributed by atoms with Gasteiger partial charge >= 0.3 is 105 Å². The molecular formula is Mo5N6O18Si6. The van der Waals surface area contributed by atoms with E-state index in [4.69, 9.17) is 84.3 Å². The Morgan fingerprint density at radius 3 is 0.229 bits per heavy atom. The van der Waals surface area contributed by atoms with Gasteiger partial charge in [0.2, 0.25) is 0 Å². The molecule has 0 aliphatic rings. The monoisotopic (exact) mass is 1030 g/mol. The fourth-order valence-electron chi connectivity index (χ4n) is 0. The van der Waals surface area contributed by atoms with Gasteiger partial charge in [0, 0.05) is 55.0 Å². The molecule has 35 heavy (non-hydrogen) atoms. The van der Waals surface area contributed by atoms with Gasteiger partial charge in [-0.25, -0.2) is 0 Å². The van der Waals surface area contributed by atoms with E-state index in [1.807, 2.05) is 0 Å². The topological polar surface area (TPSA) is 562 Å². The van der Waals surface area contributed by atoms with Crippen molar-refractivity contribution in [2.75, 3.05) is 0 Å². The van der Waals surface area contributed by atoms with Gasteiger partial charge in [0.25, 0.3) is 0 Å². The summed E-state index contributed by atoms with van der Waals surface area (Å²) in [5, 5.41) is 0. The fraction of sp³-hybridized carbons (Fsp3) is 0. The maximum Gasteiger partial charge on any atom is 6.00 e. The molecule has 0 heterocycles. The van der Waals surface area contributed by atoms with E-state index in [0.29, 0.717) is 0 Å². The predicted octanol–water partition coefficient (Wildman–Crippen LogP) is -15.5. The number of hydrogen-bond acceptors (Lipinski definition) is 18. The summed E-state index contributed by atoms with van der Waals surface area (Å²) in [6.07, 6.45) is 0. The molecule has 0 rings (SSSR count). The molecule has 0 fully saturated rings. The third kappa shape index (κ3) is 46400. The van der Waals surface area contributed by atoms with Crippen LogP contribution in [0.2, 0.25) is 0 Å². The summed E-state index contributed by atoms with van der Waals surface area (Å²) in [6, 6.07) is 0. The second kappa shape index (κ2) is 112. The quantitative estimate of drug-likeness (QED) is 0.203. The van der Waals surface area contributed by atoms with Crippen molar-refractivity contribution in [2.24, 2.45) is 0 Å². The van der Waals surface area contributed by atoms with Gasteiger partial charge in [0.05, 0.1) is 0 Å². The maximum absolute atomic E-state index is 8.52. The van der Waals surface area contributed by atoms with Crippen molar-refractivity contribution in [3.05, 3.63) is 36.9 Å². The first kappa shape index (κ1) is 122. The minimum atomic E-state index is -3.63. The average molecular weight is 1020 g/mol. The van der Waals surface area contributed by atoms with Gasteiger partial charge in [-0.1, -0.05) is 0 Å². The fourth-order valence-corrected chi connectivity index (χ4v) is 0. The second-order valence-electron chi connectivity index (χ2n) is 1.50.